The van der Waals surface area contributed by atoms with Crippen molar-refractivity contribution in [2.24, 2.45) is 0 Å². The number of halogens is 1. The molecular formula is C22H19ClN4O2. The molecule has 0 bridgehead atoms. The third kappa shape index (κ3) is 3.00. The second-order valence-corrected chi connectivity index (χ2v) is 7.56. The quantitative estimate of drug-likeness (QED) is 0.686. The molecule has 2 heterocycles. The molecule has 0 saturated heterocycles. The van der Waals surface area contributed by atoms with Gasteiger partial charge in [0, 0.05) is 23.3 Å². The Hall–Kier alpha value is -3.12. The van der Waals surface area contributed by atoms with E-state index in [-0.39, 0.29) is 11.8 Å². The number of allylic oxidation sites excluding steroid dienone is 2. The number of ketones is 1. The first kappa shape index (κ1) is 17.9. The highest BCUT2D eigenvalue weighted by Gasteiger charge is 2.37. The van der Waals surface area contributed by atoms with Crippen molar-refractivity contribution in [2.75, 3.05) is 12.4 Å². The first-order valence-electron chi connectivity index (χ1n) is 9.54. The minimum atomic E-state index is -0.330. The Kier molecular flexibility index (Phi) is 4.36. The second-order valence-electron chi connectivity index (χ2n) is 7.15. The van der Waals surface area contributed by atoms with Crippen molar-refractivity contribution in [1.82, 2.24) is 14.8 Å². The van der Waals surface area contributed by atoms with Gasteiger partial charge in [-0.3, -0.25) is 4.79 Å². The van der Waals surface area contributed by atoms with Crippen molar-refractivity contribution < 1.29 is 9.53 Å². The molecule has 0 spiro atoms. The van der Waals surface area contributed by atoms with Crippen LogP contribution in [0.15, 0.2) is 59.8 Å². The number of hydrogen-bond acceptors (Lipinski definition) is 5. The van der Waals surface area contributed by atoms with Gasteiger partial charge >= 0.3 is 0 Å². The maximum Gasteiger partial charge on any atom is 0.226 e. The van der Waals surface area contributed by atoms with Crippen LogP contribution in [0.2, 0.25) is 5.02 Å². The molecule has 1 aliphatic heterocycles. The fraction of sp³-hybridized carbons (Fsp3) is 0.227. The van der Waals surface area contributed by atoms with Gasteiger partial charge < -0.3 is 10.1 Å². The summed E-state index contributed by atoms with van der Waals surface area (Å²) in [5.41, 5.74) is 3.43. The van der Waals surface area contributed by atoms with Crippen molar-refractivity contribution in [3.05, 3.63) is 70.4 Å². The highest BCUT2D eigenvalue weighted by atomic mass is 35.5. The molecule has 1 unspecified atom stereocenters. The van der Waals surface area contributed by atoms with Crippen LogP contribution < -0.4 is 10.1 Å². The van der Waals surface area contributed by atoms with E-state index in [0.717, 1.165) is 41.0 Å². The number of carbonyl (C=O) groups is 1. The fourth-order valence-corrected chi connectivity index (χ4v) is 4.23. The van der Waals surface area contributed by atoms with Crippen molar-refractivity contribution in [3.63, 3.8) is 0 Å². The number of carbonyl (C=O) groups excluding carboxylic acids is 1. The van der Waals surface area contributed by atoms with Crippen molar-refractivity contribution >= 4 is 23.3 Å². The standard InChI is InChI=1S/C22H19ClN4O2/c1-29-14-11-9-13(10-12-14)20-19-17(7-4-8-18(19)28)24-22-25-21(26-27(20)22)15-5-2-3-6-16(15)23/h2-3,5-6,9-12,20H,4,7-8H2,1H3,(H,24,25,26). The van der Waals surface area contributed by atoms with E-state index < -0.39 is 0 Å². The van der Waals surface area contributed by atoms with Crippen molar-refractivity contribution in [2.45, 2.75) is 25.3 Å². The zero-order valence-electron chi connectivity index (χ0n) is 15.9. The molecule has 0 fully saturated rings. The molecule has 3 aromatic rings. The molecule has 0 amide bonds. The predicted octanol–water partition coefficient (Wildman–Crippen LogP) is 4.63. The Morgan fingerprint density at radius 1 is 1.14 bits per heavy atom. The first-order chi connectivity index (χ1) is 14.2. The van der Waals surface area contributed by atoms with E-state index in [0.29, 0.717) is 23.2 Å². The van der Waals surface area contributed by atoms with E-state index >= 15 is 0 Å². The molecule has 2 aromatic carbocycles. The van der Waals surface area contributed by atoms with Gasteiger partial charge in [0.25, 0.3) is 0 Å². The normalized spacial score (nSPS) is 18.1. The smallest absolute Gasteiger partial charge is 0.226 e. The molecule has 146 valence electrons. The molecule has 2 aliphatic rings. The molecule has 29 heavy (non-hydrogen) atoms. The maximum absolute atomic E-state index is 12.9. The number of fused-ring (bicyclic) bond motifs is 1. The number of ether oxygens (including phenoxy) is 1. The lowest BCUT2D eigenvalue weighted by atomic mass is 9.85. The number of methoxy groups -OCH3 is 1. The average Bonchev–Trinajstić information content (AvgIpc) is 3.16. The minimum Gasteiger partial charge on any atom is -0.497 e. The Labute approximate surface area is 173 Å². The summed E-state index contributed by atoms with van der Waals surface area (Å²) in [7, 11) is 1.64. The Morgan fingerprint density at radius 3 is 2.69 bits per heavy atom. The van der Waals surface area contributed by atoms with Gasteiger partial charge in [0.1, 0.15) is 11.8 Å². The van der Waals surface area contributed by atoms with Crippen LogP contribution in [0.5, 0.6) is 5.75 Å². The zero-order valence-corrected chi connectivity index (χ0v) is 16.6. The van der Waals surface area contributed by atoms with E-state index in [4.69, 9.17) is 26.4 Å². The van der Waals surface area contributed by atoms with Gasteiger partial charge in [-0.25, -0.2) is 4.68 Å². The van der Waals surface area contributed by atoms with Crippen molar-refractivity contribution in [3.8, 4) is 17.1 Å². The highest BCUT2D eigenvalue weighted by Crippen LogP contribution is 2.41. The van der Waals surface area contributed by atoms with E-state index in [2.05, 4.69) is 5.32 Å². The lowest BCUT2D eigenvalue weighted by Crippen LogP contribution is -2.31. The summed E-state index contributed by atoms with van der Waals surface area (Å²) in [6.45, 7) is 0. The van der Waals surface area contributed by atoms with Crippen LogP contribution in [0.1, 0.15) is 30.9 Å². The van der Waals surface area contributed by atoms with Crippen LogP contribution in [-0.2, 0) is 4.79 Å². The molecule has 1 aliphatic carbocycles. The third-order valence-electron chi connectivity index (χ3n) is 5.41. The molecular weight excluding hydrogens is 388 g/mol. The number of rotatable bonds is 3. The van der Waals surface area contributed by atoms with Gasteiger partial charge in [0.2, 0.25) is 5.95 Å². The molecule has 7 heteroatoms. The number of nitrogens with zero attached hydrogens (tertiary/aromatic N) is 3. The van der Waals surface area contributed by atoms with Gasteiger partial charge in [-0.1, -0.05) is 35.9 Å². The summed E-state index contributed by atoms with van der Waals surface area (Å²) >= 11 is 6.37. The van der Waals surface area contributed by atoms with E-state index in [1.54, 1.807) is 11.8 Å². The molecule has 0 saturated carbocycles. The van der Waals surface area contributed by atoms with E-state index in [1.165, 1.54) is 0 Å². The number of hydrogen-bond donors (Lipinski definition) is 1. The monoisotopic (exact) mass is 406 g/mol. The molecule has 1 N–H and O–H groups in total. The first-order valence-corrected chi connectivity index (χ1v) is 9.92. The van der Waals surface area contributed by atoms with Gasteiger partial charge in [0.05, 0.1) is 12.1 Å². The Bertz CT molecular complexity index is 1130. The molecule has 1 aromatic heterocycles. The average molecular weight is 407 g/mol. The van der Waals surface area contributed by atoms with Crippen molar-refractivity contribution in [1.29, 1.82) is 0 Å². The van der Waals surface area contributed by atoms with Gasteiger partial charge in [0.15, 0.2) is 11.6 Å². The molecule has 1 atom stereocenters. The van der Waals surface area contributed by atoms with Crippen LogP contribution in [0, 0.1) is 0 Å². The van der Waals surface area contributed by atoms with Crippen LogP contribution in [-0.4, -0.2) is 27.7 Å². The largest absolute Gasteiger partial charge is 0.497 e. The number of aromatic nitrogens is 3. The fourth-order valence-electron chi connectivity index (χ4n) is 4.01. The number of benzene rings is 2. The molecule has 5 rings (SSSR count). The van der Waals surface area contributed by atoms with Gasteiger partial charge in [-0.15, -0.1) is 5.10 Å². The highest BCUT2D eigenvalue weighted by molar-refractivity contribution is 6.33. The molecule has 0 radical (unpaired) electrons. The lowest BCUT2D eigenvalue weighted by Gasteiger charge is -2.32. The number of nitrogens with one attached hydrogen (secondary N) is 1. The molecule has 6 nitrogen and oxygen atoms in total. The predicted molar refractivity (Wildman–Crippen MR) is 111 cm³/mol. The zero-order chi connectivity index (χ0) is 20.0. The van der Waals surface area contributed by atoms with Gasteiger partial charge in [-0.2, -0.15) is 4.98 Å². The number of Topliss-reactive ketones (excluding diaryl/α,β-unsaturated/α-hetero) is 1. The van der Waals surface area contributed by atoms with E-state index in [1.807, 2.05) is 48.5 Å². The third-order valence-corrected chi connectivity index (χ3v) is 5.74. The maximum atomic E-state index is 12.9. The lowest BCUT2D eigenvalue weighted by molar-refractivity contribution is -0.116. The summed E-state index contributed by atoms with van der Waals surface area (Å²) in [5, 5.41) is 8.68. The number of anilines is 1. The summed E-state index contributed by atoms with van der Waals surface area (Å²) in [4.78, 5) is 17.6. The second kappa shape index (κ2) is 7.04. The van der Waals surface area contributed by atoms with Crippen LogP contribution in [0.3, 0.4) is 0 Å². The van der Waals surface area contributed by atoms with Crippen LogP contribution in [0.4, 0.5) is 5.95 Å². The van der Waals surface area contributed by atoms with Gasteiger partial charge in [-0.05, 0) is 42.7 Å². The Morgan fingerprint density at radius 2 is 1.93 bits per heavy atom. The van der Waals surface area contributed by atoms with Crippen LogP contribution in [0.25, 0.3) is 11.4 Å². The summed E-state index contributed by atoms with van der Waals surface area (Å²) in [6.07, 6.45) is 2.21. The Balaban J connectivity index is 1.67. The SMILES string of the molecule is COc1ccc(C2C3=C(CCCC3=O)Nc3nc(-c4ccccc4Cl)nn32)cc1. The minimum absolute atomic E-state index is 0.153. The van der Waals surface area contributed by atoms with E-state index in [9.17, 15) is 4.79 Å². The summed E-state index contributed by atoms with van der Waals surface area (Å²) in [5.74, 6) is 2.07. The summed E-state index contributed by atoms with van der Waals surface area (Å²) < 4.78 is 7.08. The summed E-state index contributed by atoms with van der Waals surface area (Å²) in [6, 6.07) is 14.9. The van der Waals surface area contributed by atoms with Crippen LogP contribution >= 0.6 is 11.6 Å². The topological polar surface area (TPSA) is 69.0 Å².